The standard InChI is InChI=1S/C26H24ClN3O3/c1-15-11-12-20(16(2)13-15)28-24(31)22-23-19-9-4-5-10-21(19)33-26(22,3)30(25(32)29-23)18-8-6-7-17(27)14-18/h4-14,22-23H,1-3H3,(H,28,31)(H,29,32). The highest BCUT2D eigenvalue weighted by molar-refractivity contribution is 6.31. The number of hydrogen-bond donors (Lipinski definition) is 2. The van der Waals surface area contributed by atoms with Gasteiger partial charge in [0, 0.05) is 16.3 Å². The van der Waals surface area contributed by atoms with Gasteiger partial charge in [0.15, 0.2) is 0 Å². The van der Waals surface area contributed by atoms with E-state index in [4.69, 9.17) is 16.3 Å². The van der Waals surface area contributed by atoms with E-state index < -0.39 is 17.7 Å². The summed E-state index contributed by atoms with van der Waals surface area (Å²) in [5.41, 5.74) is 2.84. The van der Waals surface area contributed by atoms with E-state index in [0.29, 0.717) is 16.5 Å². The zero-order valence-corrected chi connectivity index (χ0v) is 19.3. The van der Waals surface area contributed by atoms with E-state index in [9.17, 15) is 9.59 Å². The second kappa shape index (κ2) is 7.81. The van der Waals surface area contributed by atoms with Gasteiger partial charge >= 0.3 is 6.03 Å². The molecular formula is C26H24ClN3O3. The third-order valence-corrected chi connectivity index (χ3v) is 6.63. The molecule has 3 atom stereocenters. The van der Waals surface area contributed by atoms with Crippen molar-refractivity contribution in [2.75, 3.05) is 10.2 Å². The van der Waals surface area contributed by atoms with Gasteiger partial charge in [0.2, 0.25) is 11.6 Å². The van der Waals surface area contributed by atoms with E-state index in [-0.39, 0.29) is 11.9 Å². The number of benzene rings is 3. The molecular weight excluding hydrogens is 438 g/mol. The largest absolute Gasteiger partial charge is 0.466 e. The van der Waals surface area contributed by atoms with Crippen molar-refractivity contribution in [3.63, 3.8) is 0 Å². The van der Waals surface area contributed by atoms with Gasteiger partial charge in [-0.3, -0.25) is 9.69 Å². The summed E-state index contributed by atoms with van der Waals surface area (Å²) in [6.45, 7) is 5.74. The Morgan fingerprint density at radius 2 is 1.88 bits per heavy atom. The van der Waals surface area contributed by atoms with Crippen LogP contribution in [0, 0.1) is 19.8 Å². The van der Waals surface area contributed by atoms with Crippen molar-refractivity contribution in [1.82, 2.24) is 5.32 Å². The molecule has 1 fully saturated rings. The first-order chi connectivity index (χ1) is 15.8. The number of nitrogens with one attached hydrogen (secondary N) is 2. The van der Waals surface area contributed by atoms with Gasteiger partial charge in [-0.2, -0.15) is 0 Å². The summed E-state index contributed by atoms with van der Waals surface area (Å²) in [6, 6.07) is 19.4. The van der Waals surface area contributed by atoms with E-state index in [1.165, 1.54) is 4.90 Å². The van der Waals surface area contributed by atoms with Gasteiger partial charge in [-0.15, -0.1) is 0 Å². The highest BCUT2D eigenvalue weighted by Gasteiger charge is 2.60. The highest BCUT2D eigenvalue weighted by Crippen LogP contribution is 2.49. The van der Waals surface area contributed by atoms with Gasteiger partial charge in [-0.05, 0) is 56.7 Å². The Morgan fingerprint density at radius 1 is 1.09 bits per heavy atom. The normalized spacial score (nSPS) is 23.3. The first-order valence-corrected chi connectivity index (χ1v) is 11.2. The molecule has 5 rings (SSSR count). The summed E-state index contributed by atoms with van der Waals surface area (Å²) in [7, 11) is 0. The molecule has 3 unspecified atom stereocenters. The molecule has 6 nitrogen and oxygen atoms in total. The van der Waals surface area contributed by atoms with Gasteiger partial charge in [0.25, 0.3) is 0 Å². The number of hydrogen-bond acceptors (Lipinski definition) is 3. The van der Waals surface area contributed by atoms with Crippen molar-refractivity contribution in [1.29, 1.82) is 0 Å². The number of fused-ring (bicyclic) bond motifs is 4. The molecule has 0 spiro atoms. The Labute approximate surface area is 197 Å². The first kappa shape index (κ1) is 21.3. The SMILES string of the molecule is Cc1ccc(NC(=O)C2C3NC(=O)N(c4cccc(Cl)c4)C2(C)Oc2ccccc23)c(C)c1. The second-order valence-electron chi connectivity index (χ2n) is 8.72. The smallest absolute Gasteiger partial charge is 0.325 e. The lowest BCUT2D eigenvalue weighted by atomic mass is 9.78. The fourth-order valence-corrected chi connectivity index (χ4v) is 5.08. The predicted molar refractivity (Wildman–Crippen MR) is 129 cm³/mol. The van der Waals surface area contributed by atoms with Crippen LogP contribution in [0.1, 0.15) is 29.7 Å². The topological polar surface area (TPSA) is 70.7 Å². The molecule has 3 amide bonds. The molecule has 2 bridgehead atoms. The van der Waals surface area contributed by atoms with Crippen molar-refractivity contribution >= 4 is 34.9 Å². The van der Waals surface area contributed by atoms with E-state index in [0.717, 1.165) is 22.4 Å². The monoisotopic (exact) mass is 461 g/mol. The average Bonchev–Trinajstić information content (AvgIpc) is 2.75. The molecule has 3 aromatic rings. The van der Waals surface area contributed by atoms with Crippen molar-refractivity contribution in [2.24, 2.45) is 5.92 Å². The molecule has 3 aromatic carbocycles. The van der Waals surface area contributed by atoms with Gasteiger partial charge in [0.05, 0.1) is 11.7 Å². The maximum Gasteiger partial charge on any atom is 0.325 e. The fourth-order valence-electron chi connectivity index (χ4n) is 4.90. The van der Waals surface area contributed by atoms with Crippen LogP contribution in [0.4, 0.5) is 16.2 Å². The Hall–Kier alpha value is -3.51. The summed E-state index contributed by atoms with van der Waals surface area (Å²) < 4.78 is 6.45. The number of halogens is 1. The summed E-state index contributed by atoms with van der Waals surface area (Å²) in [6.07, 6.45) is 0. The second-order valence-corrected chi connectivity index (χ2v) is 9.16. The van der Waals surface area contributed by atoms with E-state index in [1.54, 1.807) is 31.2 Å². The van der Waals surface area contributed by atoms with Crippen LogP contribution < -0.4 is 20.3 Å². The number of para-hydroxylation sites is 1. The highest BCUT2D eigenvalue weighted by atomic mass is 35.5. The number of ether oxygens (including phenoxy) is 1. The van der Waals surface area contributed by atoms with Gasteiger partial charge in [-0.1, -0.05) is 53.6 Å². The predicted octanol–water partition coefficient (Wildman–Crippen LogP) is 5.59. The van der Waals surface area contributed by atoms with Crippen LogP contribution in [0.25, 0.3) is 0 Å². The van der Waals surface area contributed by atoms with Crippen molar-refractivity contribution < 1.29 is 14.3 Å². The number of rotatable bonds is 3. The van der Waals surface area contributed by atoms with E-state index in [1.807, 2.05) is 56.3 Å². The number of nitrogens with zero attached hydrogens (tertiary/aromatic N) is 1. The molecule has 2 aliphatic heterocycles. The molecule has 33 heavy (non-hydrogen) atoms. The molecule has 1 saturated heterocycles. The summed E-state index contributed by atoms with van der Waals surface area (Å²) >= 11 is 6.23. The lowest BCUT2D eigenvalue weighted by Crippen LogP contribution is -2.72. The van der Waals surface area contributed by atoms with Crippen LogP contribution in [0.2, 0.25) is 5.02 Å². The number of carbonyl (C=O) groups is 2. The van der Waals surface area contributed by atoms with Crippen LogP contribution in [-0.2, 0) is 4.79 Å². The number of amides is 3. The third kappa shape index (κ3) is 3.51. The maximum absolute atomic E-state index is 13.8. The van der Waals surface area contributed by atoms with E-state index in [2.05, 4.69) is 10.6 Å². The molecule has 168 valence electrons. The van der Waals surface area contributed by atoms with Crippen LogP contribution >= 0.6 is 11.6 Å². The van der Waals surface area contributed by atoms with Gasteiger partial charge in [-0.25, -0.2) is 4.79 Å². The number of carbonyl (C=O) groups excluding carboxylic acids is 2. The van der Waals surface area contributed by atoms with Gasteiger partial charge in [0.1, 0.15) is 11.7 Å². The number of urea groups is 1. The average molecular weight is 462 g/mol. The number of anilines is 2. The van der Waals surface area contributed by atoms with Crippen LogP contribution in [-0.4, -0.2) is 17.7 Å². The number of aryl methyl sites for hydroxylation is 2. The molecule has 0 saturated carbocycles. The first-order valence-electron chi connectivity index (χ1n) is 10.8. The Balaban J connectivity index is 1.62. The van der Waals surface area contributed by atoms with Gasteiger partial charge < -0.3 is 15.4 Å². The quantitative estimate of drug-likeness (QED) is 0.534. The summed E-state index contributed by atoms with van der Waals surface area (Å²) in [5.74, 6) is -0.339. The molecule has 2 N–H and O–H groups in total. The van der Waals surface area contributed by atoms with Crippen molar-refractivity contribution in [3.8, 4) is 5.75 Å². The molecule has 2 aliphatic rings. The molecule has 0 aliphatic carbocycles. The zero-order valence-electron chi connectivity index (χ0n) is 18.6. The molecule has 0 aromatic heterocycles. The Morgan fingerprint density at radius 3 is 2.64 bits per heavy atom. The Kier molecular flexibility index (Phi) is 5.05. The maximum atomic E-state index is 13.8. The molecule has 7 heteroatoms. The van der Waals surface area contributed by atoms with Crippen molar-refractivity contribution in [2.45, 2.75) is 32.5 Å². The minimum Gasteiger partial charge on any atom is -0.466 e. The van der Waals surface area contributed by atoms with Crippen molar-refractivity contribution in [3.05, 3.63) is 88.4 Å². The molecule has 2 heterocycles. The Bertz CT molecular complexity index is 1280. The fraction of sp³-hybridized carbons (Fsp3) is 0.231. The van der Waals surface area contributed by atoms with E-state index >= 15 is 0 Å². The summed E-state index contributed by atoms with van der Waals surface area (Å²) in [4.78, 5) is 28.6. The summed E-state index contributed by atoms with van der Waals surface area (Å²) in [5, 5.41) is 6.59. The minimum absolute atomic E-state index is 0.240. The van der Waals surface area contributed by atoms with Crippen LogP contribution in [0.5, 0.6) is 5.75 Å². The molecule has 0 radical (unpaired) electrons. The zero-order chi connectivity index (χ0) is 23.3. The van der Waals surface area contributed by atoms with Crippen LogP contribution in [0.3, 0.4) is 0 Å². The lowest BCUT2D eigenvalue weighted by molar-refractivity contribution is -0.131. The minimum atomic E-state index is -1.28. The lowest BCUT2D eigenvalue weighted by Gasteiger charge is -2.54. The van der Waals surface area contributed by atoms with Crippen LogP contribution in [0.15, 0.2) is 66.7 Å². The third-order valence-electron chi connectivity index (χ3n) is 6.40.